The van der Waals surface area contributed by atoms with Crippen LogP contribution in [0.15, 0.2) is 52.6 Å². The number of para-hydroxylation sites is 2. The van der Waals surface area contributed by atoms with Crippen molar-refractivity contribution in [2.75, 3.05) is 6.61 Å². The minimum absolute atomic E-state index is 0.265. The predicted molar refractivity (Wildman–Crippen MR) is 115 cm³/mol. The number of benzene rings is 2. The number of carboxylic acids is 1. The van der Waals surface area contributed by atoms with Crippen LogP contribution < -0.4 is 5.69 Å². The molecule has 150 valence electrons. The highest BCUT2D eigenvalue weighted by Gasteiger charge is 2.23. The standard InChI is InChI=1S/C22H22N2O4S/c1-3-28-19(11-20(25)26)24-17-9-5-4-8-16(17)23(22(24)27)12-15-13-29-18-10-6-7-14(2)21(15)18/h4-10,13,19H,3,11-12H2,1-2H3,(H,25,26). The van der Waals surface area contributed by atoms with Crippen molar-refractivity contribution in [3.63, 3.8) is 0 Å². The second kappa shape index (κ2) is 7.85. The molecule has 7 heteroatoms. The molecule has 2 aromatic heterocycles. The molecule has 1 unspecified atom stereocenters. The van der Waals surface area contributed by atoms with E-state index in [9.17, 15) is 14.7 Å². The van der Waals surface area contributed by atoms with E-state index in [1.165, 1.54) is 20.2 Å². The van der Waals surface area contributed by atoms with Crippen molar-refractivity contribution in [1.29, 1.82) is 0 Å². The van der Waals surface area contributed by atoms with E-state index in [2.05, 4.69) is 24.4 Å². The topological polar surface area (TPSA) is 73.5 Å². The molecule has 1 N–H and O–H groups in total. The summed E-state index contributed by atoms with van der Waals surface area (Å²) in [6, 6.07) is 13.6. The summed E-state index contributed by atoms with van der Waals surface area (Å²) in [5.74, 6) is -1.01. The Balaban J connectivity index is 1.88. The molecular weight excluding hydrogens is 388 g/mol. The molecule has 0 saturated heterocycles. The molecule has 0 spiro atoms. The lowest BCUT2D eigenvalue weighted by Gasteiger charge is -2.16. The lowest BCUT2D eigenvalue weighted by molar-refractivity contribution is -0.142. The molecule has 0 saturated carbocycles. The van der Waals surface area contributed by atoms with E-state index in [0.29, 0.717) is 18.7 Å². The van der Waals surface area contributed by atoms with Gasteiger partial charge in [0, 0.05) is 16.7 Å². The van der Waals surface area contributed by atoms with Crippen molar-refractivity contribution in [1.82, 2.24) is 9.13 Å². The number of imidazole rings is 1. The van der Waals surface area contributed by atoms with Gasteiger partial charge < -0.3 is 9.84 Å². The van der Waals surface area contributed by atoms with Crippen LogP contribution in [0.2, 0.25) is 0 Å². The van der Waals surface area contributed by atoms with Gasteiger partial charge in [0.15, 0.2) is 0 Å². The van der Waals surface area contributed by atoms with Crippen molar-refractivity contribution in [2.24, 2.45) is 0 Å². The second-order valence-corrected chi connectivity index (χ2v) is 7.86. The predicted octanol–water partition coefficient (Wildman–Crippen LogP) is 4.38. The molecule has 0 fully saturated rings. The first kappa shape index (κ1) is 19.4. The lowest BCUT2D eigenvalue weighted by atomic mass is 10.1. The molecule has 0 aliphatic rings. The van der Waals surface area contributed by atoms with E-state index >= 15 is 0 Å². The Morgan fingerprint density at radius 3 is 2.66 bits per heavy atom. The summed E-state index contributed by atoms with van der Waals surface area (Å²) in [5, 5.41) is 12.6. The molecule has 4 aromatic rings. The largest absolute Gasteiger partial charge is 0.481 e. The van der Waals surface area contributed by atoms with Gasteiger partial charge in [0.25, 0.3) is 0 Å². The van der Waals surface area contributed by atoms with Crippen LogP contribution in [0.25, 0.3) is 21.1 Å². The molecule has 0 radical (unpaired) electrons. The van der Waals surface area contributed by atoms with Crippen LogP contribution in [0.5, 0.6) is 0 Å². The summed E-state index contributed by atoms with van der Waals surface area (Å²) >= 11 is 1.66. The molecule has 0 aliphatic heterocycles. The molecule has 0 bridgehead atoms. The maximum absolute atomic E-state index is 13.4. The number of thiophene rings is 1. The molecule has 2 aromatic carbocycles. The summed E-state index contributed by atoms with van der Waals surface area (Å²) < 4.78 is 10.00. The van der Waals surface area contributed by atoms with Crippen molar-refractivity contribution < 1.29 is 14.6 Å². The van der Waals surface area contributed by atoms with Gasteiger partial charge in [0.1, 0.15) is 6.23 Å². The minimum Gasteiger partial charge on any atom is -0.481 e. The third-order valence-electron chi connectivity index (χ3n) is 5.08. The number of ether oxygens (including phenoxy) is 1. The molecule has 0 amide bonds. The van der Waals surface area contributed by atoms with E-state index in [1.54, 1.807) is 22.8 Å². The Kier molecular flexibility index (Phi) is 5.25. The van der Waals surface area contributed by atoms with Crippen LogP contribution in [-0.4, -0.2) is 26.8 Å². The number of carbonyl (C=O) groups is 1. The van der Waals surface area contributed by atoms with Crippen LogP contribution in [0, 0.1) is 6.92 Å². The Morgan fingerprint density at radius 1 is 1.17 bits per heavy atom. The van der Waals surface area contributed by atoms with Crippen LogP contribution in [0.1, 0.15) is 30.7 Å². The van der Waals surface area contributed by atoms with Gasteiger partial charge >= 0.3 is 11.7 Å². The first-order chi connectivity index (χ1) is 14.0. The zero-order valence-electron chi connectivity index (χ0n) is 16.3. The molecule has 6 nitrogen and oxygen atoms in total. The third kappa shape index (κ3) is 3.47. The summed E-state index contributed by atoms with van der Waals surface area (Å²) in [5.41, 5.74) is 3.43. The average Bonchev–Trinajstić information content (AvgIpc) is 3.22. The SMILES string of the molecule is CCOC(CC(=O)O)n1c(=O)n(Cc2csc3cccc(C)c23)c2ccccc21. The molecule has 1 atom stereocenters. The van der Waals surface area contributed by atoms with Gasteiger partial charge in [-0.1, -0.05) is 24.3 Å². The van der Waals surface area contributed by atoms with Gasteiger partial charge in [0.05, 0.1) is 24.0 Å². The fourth-order valence-electron chi connectivity index (χ4n) is 3.86. The third-order valence-corrected chi connectivity index (χ3v) is 6.07. The van der Waals surface area contributed by atoms with Gasteiger partial charge in [-0.2, -0.15) is 0 Å². The zero-order valence-corrected chi connectivity index (χ0v) is 17.1. The van der Waals surface area contributed by atoms with Gasteiger partial charge in [0.2, 0.25) is 0 Å². The molecular formula is C22H22N2O4S. The Labute approximate surface area is 171 Å². The normalized spacial score (nSPS) is 12.6. The lowest BCUT2D eigenvalue weighted by Crippen LogP contribution is -2.30. The monoisotopic (exact) mass is 410 g/mol. The van der Waals surface area contributed by atoms with Gasteiger partial charge in [-0.05, 0) is 48.6 Å². The maximum Gasteiger partial charge on any atom is 0.331 e. The molecule has 0 aliphatic carbocycles. The van der Waals surface area contributed by atoms with E-state index in [0.717, 1.165) is 11.1 Å². The number of fused-ring (bicyclic) bond motifs is 2. The number of nitrogens with zero attached hydrogens (tertiary/aromatic N) is 2. The Hall–Kier alpha value is -2.90. The molecule has 2 heterocycles. The maximum atomic E-state index is 13.4. The quantitative estimate of drug-likeness (QED) is 0.491. The zero-order chi connectivity index (χ0) is 20.5. The highest BCUT2D eigenvalue weighted by atomic mass is 32.1. The summed E-state index contributed by atoms with van der Waals surface area (Å²) in [4.78, 5) is 24.7. The van der Waals surface area contributed by atoms with Crippen molar-refractivity contribution in [3.8, 4) is 0 Å². The number of hydrogen-bond acceptors (Lipinski definition) is 4. The van der Waals surface area contributed by atoms with Gasteiger partial charge in [-0.25, -0.2) is 4.79 Å². The summed E-state index contributed by atoms with van der Waals surface area (Å²) in [7, 11) is 0. The van der Waals surface area contributed by atoms with Crippen molar-refractivity contribution >= 4 is 38.4 Å². The number of aromatic nitrogens is 2. The highest BCUT2D eigenvalue weighted by molar-refractivity contribution is 7.17. The van der Waals surface area contributed by atoms with Gasteiger partial charge in [-0.3, -0.25) is 13.9 Å². The van der Waals surface area contributed by atoms with Crippen LogP contribution in [0.3, 0.4) is 0 Å². The van der Waals surface area contributed by atoms with Gasteiger partial charge in [-0.15, -0.1) is 11.3 Å². The van der Waals surface area contributed by atoms with E-state index < -0.39 is 12.2 Å². The fourth-order valence-corrected chi connectivity index (χ4v) is 4.89. The average molecular weight is 410 g/mol. The smallest absolute Gasteiger partial charge is 0.331 e. The first-order valence-corrected chi connectivity index (χ1v) is 10.4. The van der Waals surface area contributed by atoms with E-state index in [4.69, 9.17) is 4.74 Å². The number of aliphatic carboxylic acids is 1. The fraction of sp³-hybridized carbons (Fsp3) is 0.273. The summed E-state index contributed by atoms with van der Waals surface area (Å²) in [6.07, 6.45) is -1.13. The Morgan fingerprint density at radius 2 is 1.93 bits per heavy atom. The summed E-state index contributed by atoms with van der Waals surface area (Å²) in [6.45, 7) is 4.60. The highest BCUT2D eigenvalue weighted by Crippen LogP contribution is 2.30. The van der Waals surface area contributed by atoms with Crippen LogP contribution in [0.4, 0.5) is 0 Å². The van der Waals surface area contributed by atoms with Crippen molar-refractivity contribution in [3.05, 3.63) is 69.5 Å². The second-order valence-electron chi connectivity index (χ2n) is 6.94. The van der Waals surface area contributed by atoms with Crippen LogP contribution in [-0.2, 0) is 16.1 Å². The number of carboxylic acid groups (broad SMARTS) is 1. The minimum atomic E-state index is -1.01. The van der Waals surface area contributed by atoms with E-state index in [1.807, 2.05) is 30.3 Å². The molecule has 4 rings (SSSR count). The number of hydrogen-bond donors (Lipinski definition) is 1. The number of aryl methyl sites for hydroxylation is 1. The molecule has 29 heavy (non-hydrogen) atoms. The first-order valence-electron chi connectivity index (χ1n) is 9.50. The van der Waals surface area contributed by atoms with Crippen molar-refractivity contribution in [2.45, 2.75) is 33.0 Å². The van der Waals surface area contributed by atoms with E-state index in [-0.39, 0.29) is 12.1 Å². The number of rotatable bonds is 7. The Bertz CT molecular complexity index is 1250. The van der Waals surface area contributed by atoms with Crippen LogP contribution >= 0.6 is 11.3 Å².